The summed E-state index contributed by atoms with van der Waals surface area (Å²) in [6, 6.07) is 8.64. The van der Waals surface area contributed by atoms with E-state index in [1.54, 1.807) is 24.3 Å². The van der Waals surface area contributed by atoms with Gasteiger partial charge < -0.3 is 25.2 Å². The minimum Gasteiger partial charge on any atom is -0.481 e. The molecule has 0 saturated carbocycles. The monoisotopic (exact) mass is 426 g/mol. The predicted molar refractivity (Wildman–Crippen MR) is 111 cm³/mol. The number of ether oxygens (including phenoxy) is 1. The topological polar surface area (TPSA) is 141 Å². The molecule has 0 aliphatic heterocycles. The zero-order chi connectivity index (χ0) is 22.8. The average molecular weight is 427 g/mol. The molecule has 4 N–H and O–H groups in total. The maximum atomic E-state index is 11.7. The molecular weight excluding hydrogens is 392 g/mol. The maximum absolute atomic E-state index is 11.7. The molecule has 1 aromatic rings. The highest BCUT2D eigenvalue weighted by atomic mass is 16.5. The first-order valence-electron chi connectivity index (χ1n) is 10.2. The van der Waals surface area contributed by atoms with Crippen LogP contribution in [0.5, 0.6) is 0 Å². The first kappa shape index (κ1) is 27.5. The van der Waals surface area contributed by atoms with Gasteiger partial charge in [0.2, 0.25) is 0 Å². The van der Waals surface area contributed by atoms with Crippen molar-refractivity contribution in [2.45, 2.75) is 58.3 Å². The van der Waals surface area contributed by atoms with E-state index in [1.165, 1.54) is 0 Å². The zero-order valence-electron chi connectivity index (χ0n) is 17.6. The van der Waals surface area contributed by atoms with Crippen LogP contribution in [0.15, 0.2) is 30.3 Å². The Morgan fingerprint density at radius 2 is 1.30 bits per heavy atom. The number of unbranched alkanes of at least 4 members (excludes halogenated alkanes) is 4. The molecule has 0 radical (unpaired) electrons. The summed E-state index contributed by atoms with van der Waals surface area (Å²) in [7, 11) is 0. The summed E-state index contributed by atoms with van der Waals surface area (Å²) in [6.07, 6.45) is 5.07. The van der Waals surface area contributed by atoms with E-state index in [1.807, 2.05) is 13.0 Å². The molecule has 1 rings (SSSR count). The highest BCUT2D eigenvalue weighted by Gasteiger charge is 2.28. The van der Waals surface area contributed by atoms with Crippen molar-refractivity contribution < 1.29 is 39.5 Å². The fourth-order valence-corrected chi connectivity index (χ4v) is 2.43. The lowest BCUT2D eigenvalue weighted by Gasteiger charge is -2.27. The fraction of sp³-hybridized carbons (Fsp3) is 0.591. The molecule has 0 aliphatic carbocycles. The van der Waals surface area contributed by atoms with Gasteiger partial charge in [0.1, 0.15) is 6.61 Å². The summed E-state index contributed by atoms with van der Waals surface area (Å²) >= 11 is 0. The number of benzene rings is 1. The molecule has 0 atom stereocenters. The molecule has 8 nitrogen and oxygen atoms in total. The van der Waals surface area contributed by atoms with Gasteiger partial charge in [-0.1, -0.05) is 44.4 Å². The van der Waals surface area contributed by atoms with E-state index >= 15 is 0 Å². The van der Waals surface area contributed by atoms with Gasteiger partial charge in [-0.25, -0.2) is 4.79 Å². The number of carboxylic acids is 2. The minimum atomic E-state index is -0.759. The van der Waals surface area contributed by atoms with Crippen molar-refractivity contribution in [2.75, 3.05) is 19.8 Å². The molecular formula is C22H34O8. The Morgan fingerprint density at radius 3 is 1.70 bits per heavy atom. The largest absolute Gasteiger partial charge is 0.481 e. The molecule has 0 spiro atoms. The second-order valence-electron chi connectivity index (χ2n) is 7.17. The van der Waals surface area contributed by atoms with Crippen LogP contribution < -0.4 is 0 Å². The van der Waals surface area contributed by atoms with Crippen LogP contribution in [0.25, 0.3) is 0 Å². The van der Waals surface area contributed by atoms with Crippen LogP contribution in [-0.2, 0) is 14.3 Å². The Hall–Kier alpha value is -2.45. The van der Waals surface area contributed by atoms with Crippen LogP contribution in [-0.4, -0.2) is 58.2 Å². The Kier molecular flexibility index (Phi) is 15.0. The van der Waals surface area contributed by atoms with Crippen molar-refractivity contribution in [3.05, 3.63) is 35.9 Å². The molecule has 8 heteroatoms. The summed E-state index contributed by atoms with van der Waals surface area (Å²) < 4.78 is 5.11. The highest BCUT2D eigenvalue weighted by Crippen LogP contribution is 2.21. The number of carbonyl (C=O) groups is 3. The van der Waals surface area contributed by atoms with Gasteiger partial charge in [-0.2, -0.15) is 0 Å². The van der Waals surface area contributed by atoms with Gasteiger partial charge >= 0.3 is 17.9 Å². The van der Waals surface area contributed by atoms with Gasteiger partial charge in [-0.15, -0.1) is 0 Å². The molecule has 1 aromatic carbocycles. The van der Waals surface area contributed by atoms with Crippen molar-refractivity contribution in [1.82, 2.24) is 0 Å². The summed E-state index contributed by atoms with van der Waals surface area (Å²) in [6.45, 7) is 1.44. The third-order valence-electron chi connectivity index (χ3n) is 4.72. The lowest BCUT2D eigenvalue weighted by Crippen LogP contribution is -2.35. The number of esters is 1. The van der Waals surface area contributed by atoms with Crippen molar-refractivity contribution in [3.63, 3.8) is 0 Å². The van der Waals surface area contributed by atoms with E-state index in [2.05, 4.69) is 0 Å². The summed E-state index contributed by atoms with van der Waals surface area (Å²) in [5, 5.41) is 35.0. The third kappa shape index (κ3) is 12.9. The standard InChI is InChI=1S/C13H18O4.C9H16O4/c1-2-13(8-14,9-15)10-17-12(16)11-6-4-3-5-7-11;10-8(11)6-4-2-1-3-5-7-9(12)13/h3-7,14-15H,2,8-10H2,1H3;1-7H2,(H,10,11)(H,12,13). The first-order chi connectivity index (χ1) is 14.3. The summed E-state index contributed by atoms with van der Waals surface area (Å²) in [5.74, 6) is -1.96. The summed E-state index contributed by atoms with van der Waals surface area (Å²) in [5.41, 5.74) is -0.279. The quantitative estimate of drug-likeness (QED) is 0.263. The van der Waals surface area contributed by atoms with Gasteiger partial charge in [0.05, 0.1) is 24.2 Å². The normalized spacial score (nSPS) is 10.6. The van der Waals surface area contributed by atoms with Crippen molar-refractivity contribution in [3.8, 4) is 0 Å². The molecule has 0 bridgehead atoms. The van der Waals surface area contributed by atoms with Gasteiger partial charge in [0.15, 0.2) is 0 Å². The van der Waals surface area contributed by atoms with Crippen LogP contribution in [0.3, 0.4) is 0 Å². The molecule has 170 valence electrons. The van der Waals surface area contributed by atoms with Crippen LogP contribution in [0.4, 0.5) is 0 Å². The number of aliphatic hydroxyl groups excluding tert-OH is 2. The van der Waals surface area contributed by atoms with Crippen molar-refractivity contribution >= 4 is 17.9 Å². The molecule has 0 heterocycles. The Morgan fingerprint density at radius 1 is 0.833 bits per heavy atom. The van der Waals surface area contributed by atoms with Gasteiger partial charge in [-0.3, -0.25) is 9.59 Å². The van der Waals surface area contributed by atoms with Crippen molar-refractivity contribution in [1.29, 1.82) is 0 Å². The number of aliphatic carboxylic acids is 2. The third-order valence-corrected chi connectivity index (χ3v) is 4.72. The summed E-state index contributed by atoms with van der Waals surface area (Å²) in [4.78, 5) is 31.9. The van der Waals surface area contributed by atoms with Crippen LogP contribution in [0, 0.1) is 5.41 Å². The molecule has 0 fully saturated rings. The van der Waals surface area contributed by atoms with E-state index in [4.69, 9.17) is 14.9 Å². The van der Waals surface area contributed by atoms with E-state index in [0.29, 0.717) is 24.8 Å². The van der Waals surface area contributed by atoms with E-state index < -0.39 is 23.3 Å². The number of carbonyl (C=O) groups excluding carboxylic acids is 1. The van der Waals surface area contributed by atoms with Gasteiger partial charge in [-0.05, 0) is 31.4 Å². The second kappa shape index (κ2) is 16.4. The Bertz CT molecular complexity index is 585. The van der Waals surface area contributed by atoms with E-state index in [-0.39, 0.29) is 32.7 Å². The van der Waals surface area contributed by atoms with Crippen LogP contribution in [0.1, 0.15) is 68.6 Å². The SMILES string of the molecule is CCC(CO)(CO)COC(=O)c1ccccc1.O=C(O)CCCCCCCC(=O)O. The number of carboxylic acid groups (broad SMARTS) is 2. The molecule has 30 heavy (non-hydrogen) atoms. The van der Waals surface area contributed by atoms with E-state index in [0.717, 1.165) is 19.3 Å². The Labute approximate surface area is 177 Å². The number of rotatable bonds is 14. The smallest absolute Gasteiger partial charge is 0.338 e. The van der Waals surface area contributed by atoms with Gasteiger partial charge in [0.25, 0.3) is 0 Å². The Balaban J connectivity index is 0.000000584. The predicted octanol–water partition coefficient (Wildman–Crippen LogP) is 3.11. The average Bonchev–Trinajstić information content (AvgIpc) is 2.75. The number of hydrogen-bond donors (Lipinski definition) is 4. The molecule has 0 amide bonds. The lowest BCUT2D eigenvalue weighted by atomic mass is 9.88. The van der Waals surface area contributed by atoms with Crippen molar-refractivity contribution in [2.24, 2.45) is 5.41 Å². The second-order valence-corrected chi connectivity index (χ2v) is 7.17. The van der Waals surface area contributed by atoms with Gasteiger partial charge in [0, 0.05) is 12.8 Å². The van der Waals surface area contributed by atoms with E-state index in [9.17, 15) is 24.6 Å². The number of hydrogen-bond acceptors (Lipinski definition) is 6. The minimum absolute atomic E-state index is 0.0181. The van der Waals surface area contributed by atoms with Crippen LogP contribution >= 0.6 is 0 Å². The number of aliphatic hydroxyl groups is 2. The molecule has 0 aliphatic rings. The maximum Gasteiger partial charge on any atom is 0.338 e. The van der Waals surface area contributed by atoms with Crippen LogP contribution in [0.2, 0.25) is 0 Å². The molecule has 0 saturated heterocycles. The molecule has 0 unspecified atom stereocenters. The highest BCUT2D eigenvalue weighted by molar-refractivity contribution is 5.89. The first-order valence-corrected chi connectivity index (χ1v) is 10.2. The zero-order valence-corrected chi connectivity index (χ0v) is 17.6. The fourth-order valence-electron chi connectivity index (χ4n) is 2.43. The lowest BCUT2D eigenvalue weighted by molar-refractivity contribution is -0.138. The molecule has 0 aromatic heterocycles.